The van der Waals surface area contributed by atoms with Crippen LogP contribution in [-0.2, 0) is 43.3 Å². The summed E-state index contributed by atoms with van der Waals surface area (Å²) in [6.45, 7) is 13.9. The summed E-state index contributed by atoms with van der Waals surface area (Å²) in [6, 6.07) is 14.9. The Morgan fingerprint density at radius 2 is 1.25 bits per heavy atom. The third-order valence-electron chi connectivity index (χ3n) is 9.12. The van der Waals surface area contributed by atoms with Gasteiger partial charge in [-0.1, -0.05) is 120 Å². The molecule has 9 nitrogen and oxygen atoms in total. The van der Waals surface area contributed by atoms with Gasteiger partial charge in [-0.05, 0) is 57.2 Å². The quantitative estimate of drug-likeness (QED) is 0.0602. The minimum Gasteiger partial charge on any atom is -0.450 e. The van der Waals surface area contributed by atoms with Crippen LogP contribution >= 0.6 is 0 Å². The van der Waals surface area contributed by atoms with E-state index >= 15 is 0 Å². The van der Waals surface area contributed by atoms with Crippen molar-refractivity contribution in [3.8, 4) is 0 Å². The van der Waals surface area contributed by atoms with Crippen molar-refractivity contribution in [1.29, 1.82) is 0 Å². The molecule has 0 aliphatic carbocycles. The van der Waals surface area contributed by atoms with Crippen LogP contribution in [0.5, 0.6) is 0 Å². The second-order valence-electron chi connectivity index (χ2n) is 14.6. The van der Waals surface area contributed by atoms with Crippen LogP contribution in [0, 0.1) is 0 Å². The Labute approximate surface area is 336 Å². The Kier molecular flexibility index (Phi) is 23.0. The molecule has 0 fully saturated rings. The minimum atomic E-state index is -6.72. The molecule has 1 amide bonds. The van der Waals surface area contributed by atoms with Crippen LogP contribution in [-0.4, -0.2) is 40.6 Å². The maximum Gasteiger partial charge on any atom is 0.480 e. The number of hydrogen-bond donors (Lipinski definition) is 1. The number of nitrogens with zero attached hydrogens (tertiary/aromatic N) is 2. The highest BCUT2D eigenvalue weighted by molar-refractivity contribution is 8.13. The maximum atomic E-state index is 12.4. The number of halogens is 6. The summed E-state index contributed by atoms with van der Waals surface area (Å²) in [5.74, 6) is 0. The molecule has 2 rings (SSSR count). The van der Waals surface area contributed by atoms with Gasteiger partial charge in [0.1, 0.15) is 6.54 Å². The average Bonchev–Trinajstić information content (AvgIpc) is 3.11. The molecule has 326 valence electrons. The van der Waals surface area contributed by atoms with Gasteiger partial charge in [0, 0.05) is 25.0 Å². The van der Waals surface area contributed by atoms with E-state index in [1.54, 1.807) is 0 Å². The summed E-state index contributed by atoms with van der Waals surface area (Å²) in [6.07, 6.45) is 23.8. The van der Waals surface area contributed by atoms with E-state index in [1.165, 1.54) is 102 Å². The largest absolute Gasteiger partial charge is 0.480 e. The number of ether oxygens (including phenoxy) is 1. The molecule has 0 saturated heterocycles. The number of alkyl carbamates (subject to hydrolysis) is 1. The predicted molar refractivity (Wildman–Crippen MR) is 212 cm³/mol. The van der Waals surface area contributed by atoms with Crippen LogP contribution in [0.3, 0.4) is 0 Å². The van der Waals surface area contributed by atoms with Gasteiger partial charge in [-0.2, -0.15) is 26.3 Å². The van der Waals surface area contributed by atoms with Crippen LogP contribution in [0.4, 0.5) is 31.1 Å². The molecule has 1 aromatic heterocycles. The van der Waals surface area contributed by atoms with Gasteiger partial charge in [-0.15, -0.1) is 0 Å². The van der Waals surface area contributed by atoms with E-state index in [9.17, 15) is 48.0 Å². The molecule has 0 unspecified atom stereocenters. The van der Waals surface area contributed by atoms with Crippen molar-refractivity contribution in [1.82, 2.24) is 5.32 Å². The Bertz CT molecular complexity index is 1670. The second kappa shape index (κ2) is 25.3. The van der Waals surface area contributed by atoms with E-state index in [0.717, 1.165) is 40.2 Å². The van der Waals surface area contributed by atoms with E-state index in [1.807, 2.05) is 39.0 Å². The topological polar surface area (TPSA) is 125 Å². The minimum absolute atomic E-state index is 0.347. The maximum absolute atomic E-state index is 12.4. The van der Waals surface area contributed by atoms with Crippen molar-refractivity contribution < 1.29 is 57.3 Å². The summed E-state index contributed by atoms with van der Waals surface area (Å²) < 4.78 is 117. The lowest BCUT2D eigenvalue weighted by atomic mass is 9.92. The van der Waals surface area contributed by atoms with Crippen molar-refractivity contribution in [2.75, 3.05) is 6.61 Å². The summed E-state index contributed by atoms with van der Waals surface area (Å²) in [5.41, 5.74) is -8.25. The van der Waals surface area contributed by atoms with Crippen LogP contribution < -0.4 is 9.88 Å². The Balaban J connectivity index is 0.000000912. The van der Waals surface area contributed by atoms with Crippen LogP contribution in [0.15, 0.2) is 55.2 Å². The summed E-state index contributed by atoms with van der Waals surface area (Å²) in [7, 11) is -13.4. The molecule has 57 heavy (non-hydrogen) atoms. The molecule has 0 radical (unpaired) electrons. The fraction of sp³-hybridized carbons (Fsp3) is 0.650. The number of aromatic nitrogens is 1. The highest BCUT2D eigenvalue weighted by atomic mass is 32.3. The van der Waals surface area contributed by atoms with Crippen LogP contribution in [0.25, 0.3) is 9.70 Å². The van der Waals surface area contributed by atoms with Gasteiger partial charge in [-0.25, -0.2) is 26.2 Å². The smallest absolute Gasteiger partial charge is 0.450 e. The molecule has 0 aliphatic heterocycles. The first kappa shape index (κ1) is 51.8. The van der Waals surface area contributed by atoms with Gasteiger partial charge < -0.3 is 14.2 Å². The molecular weight excluding hydrogens is 797 g/mol. The number of alkyl halides is 6. The van der Waals surface area contributed by atoms with Gasteiger partial charge in [0.2, 0.25) is 0 Å². The number of aryl methyl sites for hydroxylation is 2. The molecule has 2 aromatic rings. The van der Waals surface area contributed by atoms with Crippen molar-refractivity contribution >= 4 is 31.7 Å². The number of benzene rings is 1. The molecule has 17 heteroatoms. The van der Waals surface area contributed by atoms with Crippen molar-refractivity contribution in [2.45, 2.75) is 160 Å². The highest BCUT2D eigenvalue weighted by Gasteiger charge is 2.47. The van der Waals surface area contributed by atoms with E-state index in [4.69, 9.17) is 4.74 Å². The number of nitrogens with one attached hydrogen (secondary N) is 1. The highest BCUT2D eigenvalue weighted by Crippen LogP contribution is 2.36. The number of pyridine rings is 1. The first-order chi connectivity index (χ1) is 26.5. The summed E-state index contributed by atoms with van der Waals surface area (Å²) in [5, 5.41) is 3.01. The van der Waals surface area contributed by atoms with E-state index in [2.05, 4.69) is 53.8 Å². The van der Waals surface area contributed by atoms with Gasteiger partial charge in [0.25, 0.3) is 0 Å². The fourth-order valence-corrected chi connectivity index (χ4v) is 7.47. The van der Waals surface area contributed by atoms with Gasteiger partial charge in [-0.3, -0.25) is 0 Å². The molecule has 0 spiro atoms. The molecule has 0 atom stereocenters. The molecule has 1 aromatic carbocycles. The number of unbranched alkanes of at least 4 members (excludes halogenated alkanes) is 14. The molecular formula is C40H61F6N3O6S2. The van der Waals surface area contributed by atoms with Crippen molar-refractivity contribution in [3.05, 3.63) is 76.2 Å². The van der Waals surface area contributed by atoms with Crippen molar-refractivity contribution in [2.24, 2.45) is 0 Å². The zero-order valence-corrected chi connectivity index (χ0v) is 35.3. The standard InChI is InChI=1S/C38H60N2O2.C2F6NO4S2/c1-6-7-8-9-16-19-27-36-28-20-22-30-40(36)29-21-17-14-12-10-11-13-15-18-23-31-42-37(41)39-38(4,5)35-26-24-25-34(32-35)33(2)3;3-1(4,5)14(10,11)9-15(12,13)2(6,7)8/h20,22,24-26,28,30,32H,2,6-19,21,23,27,29,31H2,1,3-5H3;/q;-1/p+1. The predicted octanol–water partition coefficient (Wildman–Crippen LogP) is 11.5. The lowest BCUT2D eigenvalue weighted by Crippen LogP contribution is -2.41. The Hall–Kier alpha value is -3.18. The average molecular weight is 858 g/mol. The van der Waals surface area contributed by atoms with Crippen LogP contribution in [0.1, 0.15) is 147 Å². The van der Waals surface area contributed by atoms with Crippen LogP contribution in [0.2, 0.25) is 0 Å². The number of allylic oxidation sites excluding steroid dienone is 1. The number of rotatable bonds is 25. The molecule has 1 N–H and O–H groups in total. The van der Waals surface area contributed by atoms with E-state index in [-0.39, 0.29) is 6.09 Å². The van der Waals surface area contributed by atoms with Crippen molar-refractivity contribution in [3.63, 3.8) is 0 Å². The first-order valence-electron chi connectivity index (χ1n) is 19.6. The Morgan fingerprint density at radius 1 is 0.737 bits per heavy atom. The van der Waals surface area contributed by atoms with E-state index in [0.29, 0.717) is 6.61 Å². The van der Waals surface area contributed by atoms with E-state index < -0.39 is 36.6 Å². The first-order valence-corrected chi connectivity index (χ1v) is 22.5. The molecule has 0 aliphatic rings. The molecule has 0 saturated carbocycles. The zero-order chi connectivity index (χ0) is 43.2. The molecule has 0 bridgehead atoms. The SMILES string of the molecule is C=C(C)c1cccc(C(C)(C)NC(=O)OCCCCCCCCCCCC[n+]2ccccc2CCCCCCCC)c1.O=S(=O)([N-]S(=O)(=O)C(F)(F)F)C(F)(F)F. The lowest BCUT2D eigenvalue weighted by Gasteiger charge is -2.27. The normalized spacial score (nSPS) is 12.5. The lowest BCUT2D eigenvalue weighted by molar-refractivity contribution is -0.704. The second-order valence-corrected chi connectivity index (χ2v) is 18.0. The Morgan fingerprint density at radius 3 is 1.77 bits per heavy atom. The molecule has 1 heterocycles. The van der Waals surface area contributed by atoms with Gasteiger partial charge in [0.05, 0.1) is 12.1 Å². The number of carbonyl (C=O) groups excluding carboxylic acids is 1. The summed E-state index contributed by atoms with van der Waals surface area (Å²) in [4.78, 5) is 12.4. The number of hydrogen-bond acceptors (Lipinski definition) is 6. The van der Waals surface area contributed by atoms with Gasteiger partial charge >= 0.3 is 17.1 Å². The monoisotopic (exact) mass is 857 g/mol. The third-order valence-corrected chi connectivity index (χ3v) is 11.9. The fourth-order valence-electron chi connectivity index (χ4n) is 5.76. The number of carbonyl (C=O) groups is 1. The van der Waals surface area contributed by atoms with Gasteiger partial charge in [0.15, 0.2) is 31.9 Å². The zero-order valence-electron chi connectivity index (χ0n) is 33.7. The summed E-state index contributed by atoms with van der Waals surface area (Å²) >= 11 is 0. The third kappa shape index (κ3) is 20.9. The number of amides is 1. The number of sulfonamides is 2.